The Bertz CT molecular complexity index is 403. The minimum absolute atomic E-state index is 0.00177. The van der Waals surface area contributed by atoms with Crippen LogP contribution in [0.5, 0.6) is 5.75 Å². The van der Waals surface area contributed by atoms with Crippen molar-refractivity contribution >= 4 is 15.9 Å². The fourth-order valence-electron chi connectivity index (χ4n) is 2.48. The Morgan fingerprint density at radius 1 is 1.32 bits per heavy atom. The lowest BCUT2D eigenvalue weighted by Crippen LogP contribution is -2.33. The van der Waals surface area contributed by atoms with Crippen LogP contribution in [0.15, 0.2) is 22.7 Å². The van der Waals surface area contributed by atoms with Gasteiger partial charge in [-0.05, 0) is 45.0 Å². The van der Waals surface area contributed by atoms with Crippen molar-refractivity contribution in [3.8, 4) is 5.75 Å². The fourth-order valence-corrected chi connectivity index (χ4v) is 2.82. The molecule has 1 aromatic rings. The van der Waals surface area contributed by atoms with Crippen LogP contribution in [0.3, 0.4) is 0 Å². The largest absolute Gasteiger partial charge is 0.492 e. The minimum atomic E-state index is -0.00177. The van der Waals surface area contributed by atoms with E-state index in [0.717, 1.165) is 28.9 Å². The molecule has 1 heterocycles. The van der Waals surface area contributed by atoms with Gasteiger partial charge in [-0.3, -0.25) is 4.90 Å². The molecule has 106 valence electrons. The van der Waals surface area contributed by atoms with Crippen LogP contribution in [0.1, 0.15) is 37.8 Å². The molecule has 0 unspecified atom stereocenters. The summed E-state index contributed by atoms with van der Waals surface area (Å²) in [6, 6.07) is 6.05. The quantitative estimate of drug-likeness (QED) is 0.901. The molecule has 19 heavy (non-hydrogen) atoms. The summed E-state index contributed by atoms with van der Waals surface area (Å²) in [5.41, 5.74) is 7.04. The first-order valence-electron chi connectivity index (χ1n) is 7.07. The molecule has 3 nitrogen and oxygen atoms in total. The number of hydrogen-bond acceptors (Lipinski definition) is 3. The third-order valence-corrected chi connectivity index (χ3v) is 4.07. The zero-order valence-corrected chi connectivity index (χ0v) is 13.2. The summed E-state index contributed by atoms with van der Waals surface area (Å²) < 4.78 is 6.96. The number of benzene rings is 1. The van der Waals surface area contributed by atoms with Gasteiger partial charge in [0, 0.05) is 22.6 Å². The number of likely N-dealkylation sites (tertiary alicyclic amines) is 1. The van der Waals surface area contributed by atoms with Gasteiger partial charge in [-0.25, -0.2) is 0 Å². The monoisotopic (exact) mass is 326 g/mol. The topological polar surface area (TPSA) is 38.5 Å². The highest BCUT2D eigenvalue weighted by Gasteiger charge is 2.12. The van der Waals surface area contributed by atoms with Crippen molar-refractivity contribution < 1.29 is 4.74 Å². The number of nitrogens with zero attached hydrogens (tertiary/aromatic N) is 1. The molecular weight excluding hydrogens is 304 g/mol. The lowest BCUT2D eigenvalue weighted by atomic mass is 10.1. The maximum Gasteiger partial charge on any atom is 0.125 e. The average molecular weight is 327 g/mol. The second-order valence-electron chi connectivity index (χ2n) is 5.22. The van der Waals surface area contributed by atoms with Crippen LogP contribution in [0.25, 0.3) is 0 Å². The summed E-state index contributed by atoms with van der Waals surface area (Å²) in [6.07, 6.45) is 4.02. The summed E-state index contributed by atoms with van der Waals surface area (Å²) >= 11 is 3.48. The maximum absolute atomic E-state index is 5.97. The van der Waals surface area contributed by atoms with Crippen molar-refractivity contribution in [1.29, 1.82) is 0 Å². The number of piperidine rings is 1. The maximum atomic E-state index is 5.97. The van der Waals surface area contributed by atoms with Gasteiger partial charge in [-0.2, -0.15) is 0 Å². The Kier molecular flexibility index (Phi) is 5.67. The van der Waals surface area contributed by atoms with Gasteiger partial charge in [0.05, 0.1) is 0 Å². The molecule has 2 N–H and O–H groups in total. The van der Waals surface area contributed by atoms with Crippen molar-refractivity contribution in [3.05, 3.63) is 28.2 Å². The van der Waals surface area contributed by atoms with Crippen LogP contribution in [0.2, 0.25) is 0 Å². The van der Waals surface area contributed by atoms with Gasteiger partial charge in [0.15, 0.2) is 0 Å². The van der Waals surface area contributed by atoms with Crippen molar-refractivity contribution in [3.63, 3.8) is 0 Å². The predicted octanol–water partition coefficient (Wildman–Crippen LogP) is 3.33. The fraction of sp³-hybridized carbons (Fsp3) is 0.600. The van der Waals surface area contributed by atoms with Crippen molar-refractivity contribution in [2.24, 2.45) is 5.73 Å². The number of hydrogen-bond donors (Lipinski definition) is 1. The van der Waals surface area contributed by atoms with Crippen LogP contribution in [-0.2, 0) is 0 Å². The Balaban J connectivity index is 1.89. The molecule has 4 heteroatoms. The predicted molar refractivity (Wildman–Crippen MR) is 82.5 cm³/mol. The standard InChI is InChI=1S/C15H23BrN2O/c1-12(17)14-6-5-13(16)11-15(14)19-10-9-18-7-3-2-4-8-18/h5-6,11-12H,2-4,7-10,17H2,1H3/t12-/m1/s1. The molecule has 0 spiro atoms. The molecular formula is C15H23BrN2O. The van der Waals surface area contributed by atoms with Gasteiger partial charge in [0.1, 0.15) is 12.4 Å². The van der Waals surface area contributed by atoms with Gasteiger partial charge in [-0.1, -0.05) is 28.4 Å². The highest BCUT2D eigenvalue weighted by atomic mass is 79.9. The minimum Gasteiger partial charge on any atom is -0.492 e. The Morgan fingerprint density at radius 2 is 2.05 bits per heavy atom. The lowest BCUT2D eigenvalue weighted by molar-refractivity contribution is 0.182. The normalized spacial score (nSPS) is 18.3. The van der Waals surface area contributed by atoms with Gasteiger partial charge in [0.25, 0.3) is 0 Å². The molecule has 0 aromatic heterocycles. The van der Waals surface area contributed by atoms with E-state index < -0.39 is 0 Å². The molecule has 1 aliphatic heterocycles. The molecule has 1 aliphatic rings. The summed E-state index contributed by atoms with van der Waals surface area (Å²) in [5.74, 6) is 0.904. The highest BCUT2D eigenvalue weighted by molar-refractivity contribution is 9.10. The Labute approximate surface area is 124 Å². The summed E-state index contributed by atoms with van der Waals surface area (Å²) in [7, 11) is 0. The van der Waals surface area contributed by atoms with Gasteiger partial charge in [-0.15, -0.1) is 0 Å². The van der Waals surface area contributed by atoms with Gasteiger partial charge < -0.3 is 10.5 Å². The molecule has 0 bridgehead atoms. The number of rotatable bonds is 5. The summed E-state index contributed by atoms with van der Waals surface area (Å²) in [6.45, 7) is 6.14. The van der Waals surface area contributed by atoms with E-state index in [2.05, 4.69) is 20.8 Å². The van der Waals surface area contributed by atoms with E-state index in [-0.39, 0.29) is 6.04 Å². The van der Waals surface area contributed by atoms with Gasteiger partial charge in [0.2, 0.25) is 0 Å². The smallest absolute Gasteiger partial charge is 0.125 e. The third-order valence-electron chi connectivity index (χ3n) is 3.58. The van der Waals surface area contributed by atoms with E-state index in [9.17, 15) is 0 Å². The molecule has 0 aliphatic carbocycles. The van der Waals surface area contributed by atoms with Crippen molar-refractivity contribution in [2.75, 3.05) is 26.2 Å². The zero-order chi connectivity index (χ0) is 13.7. The second kappa shape index (κ2) is 7.27. The molecule has 1 aromatic carbocycles. The van der Waals surface area contributed by atoms with E-state index in [1.54, 1.807) is 0 Å². The molecule has 1 fully saturated rings. The SMILES string of the molecule is C[C@@H](N)c1ccc(Br)cc1OCCN1CCCCC1. The molecule has 0 amide bonds. The zero-order valence-electron chi connectivity index (χ0n) is 11.6. The second-order valence-corrected chi connectivity index (χ2v) is 6.14. The van der Waals surface area contributed by atoms with Crippen LogP contribution in [-0.4, -0.2) is 31.1 Å². The number of halogens is 1. The van der Waals surface area contributed by atoms with Crippen LogP contribution in [0.4, 0.5) is 0 Å². The molecule has 2 rings (SSSR count). The molecule has 0 saturated carbocycles. The van der Waals surface area contributed by atoms with Crippen molar-refractivity contribution in [1.82, 2.24) is 4.90 Å². The highest BCUT2D eigenvalue weighted by Crippen LogP contribution is 2.27. The van der Waals surface area contributed by atoms with Crippen LogP contribution >= 0.6 is 15.9 Å². The first-order chi connectivity index (χ1) is 9.16. The lowest BCUT2D eigenvalue weighted by Gasteiger charge is -2.26. The summed E-state index contributed by atoms with van der Waals surface area (Å²) in [5, 5.41) is 0. The van der Waals surface area contributed by atoms with E-state index in [1.165, 1.54) is 32.4 Å². The van der Waals surface area contributed by atoms with E-state index in [1.807, 2.05) is 25.1 Å². The first-order valence-corrected chi connectivity index (χ1v) is 7.86. The Morgan fingerprint density at radius 3 is 2.74 bits per heavy atom. The average Bonchev–Trinajstić information content (AvgIpc) is 2.39. The molecule has 0 radical (unpaired) electrons. The van der Waals surface area contributed by atoms with E-state index >= 15 is 0 Å². The van der Waals surface area contributed by atoms with Crippen LogP contribution in [0, 0.1) is 0 Å². The van der Waals surface area contributed by atoms with E-state index in [4.69, 9.17) is 10.5 Å². The third kappa shape index (κ3) is 4.48. The Hall–Kier alpha value is -0.580. The van der Waals surface area contributed by atoms with Crippen LogP contribution < -0.4 is 10.5 Å². The van der Waals surface area contributed by atoms with Crippen molar-refractivity contribution in [2.45, 2.75) is 32.2 Å². The van der Waals surface area contributed by atoms with E-state index in [0.29, 0.717) is 0 Å². The number of nitrogens with two attached hydrogens (primary N) is 1. The number of ether oxygens (including phenoxy) is 1. The molecule has 1 atom stereocenters. The van der Waals surface area contributed by atoms with Gasteiger partial charge >= 0.3 is 0 Å². The first kappa shape index (κ1) is 14.8. The molecule has 1 saturated heterocycles. The summed E-state index contributed by atoms with van der Waals surface area (Å²) in [4.78, 5) is 2.48.